The maximum absolute atomic E-state index is 6.86. The van der Waals surface area contributed by atoms with E-state index in [0.717, 1.165) is 121 Å². The molecule has 6 heterocycles. The van der Waals surface area contributed by atoms with Crippen LogP contribution in [0.5, 0.6) is 0 Å². The highest BCUT2D eigenvalue weighted by Crippen LogP contribution is 2.47. The summed E-state index contributed by atoms with van der Waals surface area (Å²) in [5.74, 6) is 1.62. The smallest absolute Gasteiger partial charge is 0.238 e. The van der Waals surface area contributed by atoms with Gasteiger partial charge < -0.3 is 13.4 Å². The largest absolute Gasteiger partial charge is 0.456 e. The van der Waals surface area contributed by atoms with Gasteiger partial charge in [0.1, 0.15) is 22.3 Å². The van der Waals surface area contributed by atoms with Crippen LogP contribution in [0.3, 0.4) is 0 Å². The summed E-state index contributed by atoms with van der Waals surface area (Å²) in [5, 5.41) is 11.1. The van der Waals surface area contributed by atoms with Crippen molar-refractivity contribution in [3.63, 3.8) is 0 Å². The molecule has 77 heavy (non-hydrogen) atoms. The molecular weight excluding hydrogens is 963 g/mol. The van der Waals surface area contributed by atoms with Crippen LogP contribution < -0.4 is 0 Å². The van der Waals surface area contributed by atoms with E-state index >= 15 is 0 Å². The summed E-state index contributed by atoms with van der Waals surface area (Å²) in [5.41, 5.74) is 14.5. The Bertz CT molecular complexity index is 5290. The molecule has 17 rings (SSSR count). The van der Waals surface area contributed by atoms with Crippen LogP contribution in [0.15, 0.2) is 245 Å². The Morgan fingerprint density at radius 1 is 0.325 bits per heavy atom. The summed E-state index contributed by atoms with van der Waals surface area (Å²) < 4.78 is 20.8. The average molecular weight is 1000 g/mol. The van der Waals surface area contributed by atoms with E-state index in [9.17, 15) is 0 Å². The molecule has 0 bridgehead atoms. The van der Waals surface area contributed by atoms with Crippen molar-refractivity contribution in [1.82, 2.24) is 24.1 Å². The van der Waals surface area contributed by atoms with Gasteiger partial charge in [0.05, 0.1) is 22.1 Å². The van der Waals surface area contributed by atoms with Gasteiger partial charge in [0.15, 0.2) is 11.6 Å². The molecule has 0 fully saturated rings. The van der Waals surface area contributed by atoms with Crippen LogP contribution in [0.2, 0.25) is 0 Å². The maximum atomic E-state index is 6.86. The number of hydrogen-bond donors (Lipinski definition) is 0. The minimum absolute atomic E-state index is 0.517. The first-order valence-corrected chi connectivity index (χ1v) is 26.6. The molecule has 0 atom stereocenters. The summed E-state index contributed by atoms with van der Waals surface area (Å²) in [4.78, 5) is 16.4. The van der Waals surface area contributed by atoms with E-state index in [4.69, 9.17) is 23.8 Å². The van der Waals surface area contributed by atoms with Crippen molar-refractivity contribution < 1.29 is 8.83 Å². The van der Waals surface area contributed by atoms with Gasteiger partial charge in [-0.05, 0) is 83.4 Å². The predicted molar refractivity (Wildman–Crippen MR) is 318 cm³/mol. The van der Waals surface area contributed by atoms with E-state index in [1.807, 2.05) is 47.7 Å². The number of thiophene rings is 1. The number of hydrogen-bond acceptors (Lipinski definition) is 6. The summed E-state index contributed by atoms with van der Waals surface area (Å²) in [6, 6.07) is 83.6. The zero-order valence-electron chi connectivity index (χ0n) is 41.0. The molecule has 0 aliphatic carbocycles. The van der Waals surface area contributed by atoms with Crippen molar-refractivity contribution in [3.8, 4) is 56.7 Å². The fourth-order valence-corrected chi connectivity index (χ4v) is 13.4. The second kappa shape index (κ2) is 16.2. The lowest BCUT2D eigenvalue weighted by atomic mass is 9.93. The Morgan fingerprint density at radius 2 is 0.922 bits per heavy atom. The average Bonchev–Trinajstić information content (AvgIpc) is 4.51. The highest BCUT2D eigenvalue weighted by molar-refractivity contribution is 7.25. The zero-order valence-corrected chi connectivity index (χ0v) is 41.8. The number of nitrogens with zero attached hydrogens (tertiary/aromatic N) is 5. The SMILES string of the molecule is c1ccc(-c2nc(-c3cccc4oc5ccc(-c6ccc(-c7ccc8c(c7)sc7ccccc78)c7oc8ccccc8c67)cc5c34)nc(-n3c4ccccc4c4ccc5c6ccccc6n(-c6ccccc6)c5c43)n2)cc1. The number of aromatic nitrogens is 5. The minimum atomic E-state index is 0.517. The second-order valence-electron chi connectivity index (χ2n) is 19.8. The number of fused-ring (bicyclic) bond motifs is 16. The minimum Gasteiger partial charge on any atom is -0.456 e. The van der Waals surface area contributed by atoms with Crippen molar-refractivity contribution in [2.45, 2.75) is 0 Å². The third-order valence-corrected chi connectivity index (χ3v) is 16.7. The molecule has 0 amide bonds. The topological polar surface area (TPSA) is 74.8 Å². The van der Waals surface area contributed by atoms with Crippen molar-refractivity contribution in [2.24, 2.45) is 0 Å². The van der Waals surface area contributed by atoms with E-state index in [1.165, 1.54) is 25.6 Å². The normalized spacial score (nSPS) is 12.2. The zero-order chi connectivity index (χ0) is 50.3. The number of rotatable bonds is 6. The lowest BCUT2D eigenvalue weighted by molar-refractivity contribution is 0.669. The van der Waals surface area contributed by atoms with Gasteiger partial charge in [-0.15, -0.1) is 11.3 Å². The molecule has 0 radical (unpaired) electrons. The van der Waals surface area contributed by atoms with Gasteiger partial charge in [-0.25, -0.2) is 4.98 Å². The van der Waals surface area contributed by atoms with Crippen LogP contribution in [-0.4, -0.2) is 24.1 Å². The Labute approximate surface area is 442 Å². The maximum Gasteiger partial charge on any atom is 0.238 e. The van der Waals surface area contributed by atoms with Crippen LogP contribution in [0.1, 0.15) is 0 Å². The van der Waals surface area contributed by atoms with Crippen LogP contribution >= 0.6 is 11.3 Å². The molecule has 358 valence electrons. The summed E-state index contributed by atoms with van der Waals surface area (Å²) in [6.45, 7) is 0. The van der Waals surface area contributed by atoms with Crippen molar-refractivity contribution in [1.29, 1.82) is 0 Å². The molecule has 8 heteroatoms. The third-order valence-electron chi connectivity index (χ3n) is 15.6. The van der Waals surface area contributed by atoms with Gasteiger partial charge in [0, 0.05) is 85.6 Å². The molecule has 0 saturated heterocycles. The van der Waals surface area contributed by atoms with Gasteiger partial charge in [-0.1, -0.05) is 170 Å². The predicted octanol–water partition coefficient (Wildman–Crippen LogP) is 18.9. The molecule has 0 aliphatic heterocycles. The lowest BCUT2D eigenvalue weighted by Crippen LogP contribution is -2.07. The third kappa shape index (κ3) is 6.21. The number of benzene rings is 11. The van der Waals surface area contributed by atoms with Crippen molar-refractivity contribution in [2.75, 3.05) is 0 Å². The quantitative estimate of drug-likeness (QED) is 0.166. The van der Waals surface area contributed by atoms with Gasteiger partial charge >= 0.3 is 0 Å². The first kappa shape index (κ1) is 42.2. The summed E-state index contributed by atoms with van der Waals surface area (Å²) in [7, 11) is 0. The summed E-state index contributed by atoms with van der Waals surface area (Å²) in [6.07, 6.45) is 0. The van der Waals surface area contributed by atoms with Gasteiger partial charge in [-0.3, -0.25) is 4.57 Å². The standard InChI is InChI=1S/C69H39N5O2S/c1-3-16-40(17-4-1)67-70-68(72-69(71-67)74-56-26-12-8-21-47(56)51-36-35-50-46-20-7-11-25-55(46)73(64(50)65(51)74)43-18-5-2-6-19-43)53-24-15-28-59-62(53)54-38-41(31-37-58(54)75-59)44-33-34-45(66-63(44)52-23-9-13-27-57(52)76-66)42-30-32-49-48-22-10-14-29-60(48)77-61(49)39-42/h1-39H. The van der Waals surface area contributed by atoms with Crippen LogP contribution in [0.25, 0.3) is 164 Å². The highest BCUT2D eigenvalue weighted by Gasteiger charge is 2.26. The number of para-hydroxylation sites is 4. The Kier molecular flexibility index (Phi) is 8.87. The molecule has 0 spiro atoms. The first-order valence-electron chi connectivity index (χ1n) is 25.8. The van der Waals surface area contributed by atoms with Crippen LogP contribution in [0.4, 0.5) is 0 Å². The first-order chi connectivity index (χ1) is 38.2. The highest BCUT2D eigenvalue weighted by atomic mass is 32.1. The molecule has 0 saturated carbocycles. The van der Waals surface area contributed by atoms with Gasteiger partial charge in [-0.2, -0.15) is 9.97 Å². The van der Waals surface area contributed by atoms with Crippen LogP contribution in [-0.2, 0) is 0 Å². The monoisotopic (exact) mass is 1000 g/mol. The fraction of sp³-hybridized carbons (Fsp3) is 0. The molecule has 0 unspecified atom stereocenters. The van der Waals surface area contributed by atoms with E-state index < -0.39 is 0 Å². The molecule has 6 aromatic heterocycles. The van der Waals surface area contributed by atoms with E-state index in [0.29, 0.717) is 17.6 Å². The Hall–Kier alpha value is -10.2. The molecular formula is C69H39N5O2S. The number of furan rings is 2. The van der Waals surface area contributed by atoms with Crippen molar-refractivity contribution >= 4 is 119 Å². The molecule has 17 aromatic rings. The molecule has 0 aliphatic rings. The fourth-order valence-electron chi connectivity index (χ4n) is 12.2. The molecule has 7 nitrogen and oxygen atoms in total. The Balaban J connectivity index is 0.898. The van der Waals surface area contributed by atoms with Crippen LogP contribution in [0, 0.1) is 0 Å². The van der Waals surface area contributed by atoms with E-state index in [2.05, 4.69) is 209 Å². The van der Waals surface area contributed by atoms with Gasteiger partial charge in [0.25, 0.3) is 0 Å². The van der Waals surface area contributed by atoms with E-state index in [1.54, 1.807) is 0 Å². The van der Waals surface area contributed by atoms with Crippen molar-refractivity contribution in [3.05, 3.63) is 237 Å². The summed E-state index contributed by atoms with van der Waals surface area (Å²) >= 11 is 1.83. The lowest BCUT2D eigenvalue weighted by Gasteiger charge is -2.13. The molecule has 11 aromatic carbocycles. The Morgan fingerprint density at radius 3 is 1.74 bits per heavy atom. The second-order valence-corrected chi connectivity index (χ2v) is 20.9. The molecule has 0 N–H and O–H groups in total. The van der Waals surface area contributed by atoms with Gasteiger partial charge in [0.2, 0.25) is 5.95 Å². The van der Waals surface area contributed by atoms with E-state index in [-0.39, 0.29) is 0 Å².